The minimum atomic E-state index is -0.563. The van der Waals surface area contributed by atoms with Crippen molar-refractivity contribution in [3.63, 3.8) is 0 Å². The maximum atomic E-state index is 11.1. The van der Waals surface area contributed by atoms with Crippen molar-refractivity contribution in [3.8, 4) is 0 Å². The fourth-order valence-corrected chi connectivity index (χ4v) is 1.91. The molecule has 1 heterocycles. The van der Waals surface area contributed by atoms with Gasteiger partial charge in [-0.25, -0.2) is 0 Å². The number of rotatable bonds is 6. The van der Waals surface area contributed by atoms with Gasteiger partial charge in [0.15, 0.2) is 0 Å². The van der Waals surface area contributed by atoms with Crippen molar-refractivity contribution in [2.45, 2.75) is 38.6 Å². The Hall–Kier alpha value is -1.33. The van der Waals surface area contributed by atoms with Crippen LogP contribution in [0.3, 0.4) is 0 Å². The van der Waals surface area contributed by atoms with E-state index in [2.05, 4.69) is 6.58 Å². The molecule has 0 aromatic carbocycles. The highest BCUT2D eigenvalue weighted by Gasteiger charge is 2.30. The molecule has 112 valence electrons. The number of esters is 2. The number of ether oxygens (including phenoxy) is 3. The molecule has 0 saturated heterocycles. The van der Waals surface area contributed by atoms with Gasteiger partial charge in [0.05, 0.1) is 6.10 Å². The molecule has 20 heavy (non-hydrogen) atoms. The SMILES string of the molecule is C=C(CCl)C[C@@H]1C=C[C@H](OC(C)=O)[C@@H](COC(C)=O)O1. The van der Waals surface area contributed by atoms with Gasteiger partial charge in [0.25, 0.3) is 0 Å². The highest BCUT2D eigenvalue weighted by molar-refractivity contribution is 6.19. The summed E-state index contributed by atoms with van der Waals surface area (Å²) in [5, 5.41) is 0. The molecule has 5 nitrogen and oxygen atoms in total. The minimum absolute atomic E-state index is 0.0292. The fourth-order valence-electron chi connectivity index (χ4n) is 1.80. The van der Waals surface area contributed by atoms with E-state index in [4.69, 9.17) is 25.8 Å². The van der Waals surface area contributed by atoms with Gasteiger partial charge in [0.2, 0.25) is 0 Å². The summed E-state index contributed by atoms with van der Waals surface area (Å²) in [6.07, 6.45) is 2.81. The first-order chi connectivity index (χ1) is 9.42. The van der Waals surface area contributed by atoms with E-state index in [0.29, 0.717) is 12.3 Å². The van der Waals surface area contributed by atoms with Crippen molar-refractivity contribution in [3.05, 3.63) is 24.3 Å². The van der Waals surface area contributed by atoms with Crippen LogP contribution in [0.4, 0.5) is 0 Å². The summed E-state index contributed by atoms with van der Waals surface area (Å²) in [7, 11) is 0. The summed E-state index contributed by atoms with van der Waals surface area (Å²) in [6, 6.07) is 0. The van der Waals surface area contributed by atoms with Gasteiger partial charge < -0.3 is 14.2 Å². The molecule has 0 bridgehead atoms. The molecule has 0 fully saturated rings. The maximum Gasteiger partial charge on any atom is 0.303 e. The fraction of sp³-hybridized carbons (Fsp3) is 0.571. The summed E-state index contributed by atoms with van der Waals surface area (Å²) < 4.78 is 15.8. The lowest BCUT2D eigenvalue weighted by molar-refractivity contribution is -0.163. The Balaban J connectivity index is 2.68. The van der Waals surface area contributed by atoms with Gasteiger partial charge >= 0.3 is 11.9 Å². The molecule has 3 atom stereocenters. The summed E-state index contributed by atoms with van der Waals surface area (Å²) in [5.41, 5.74) is 0.846. The highest BCUT2D eigenvalue weighted by Crippen LogP contribution is 2.21. The van der Waals surface area contributed by atoms with Gasteiger partial charge in [-0.1, -0.05) is 18.2 Å². The van der Waals surface area contributed by atoms with E-state index >= 15 is 0 Å². The second kappa shape index (κ2) is 8.07. The first-order valence-corrected chi connectivity index (χ1v) is 6.82. The molecule has 1 rings (SSSR count). The molecule has 0 aromatic rings. The number of hydrogen-bond acceptors (Lipinski definition) is 5. The normalized spacial score (nSPS) is 25.1. The molecule has 0 saturated carbocycles. The van der Waals surface area contributed by atoms with Crippen LogP contribution >= 0.6 is 11.6 Å². The van der Waals surface area contributed by atoms with E-state index in [9.17, 15) is 9.59 Å². The molecule has 0 unspecified atom stereocenters. The Morgan fingerprint density at radius 3 is 2.55 bits per heavy atom. The lowest BCUT2D eigenvalue weighted by Gasteiger charge is -2.31. The zero-order valence-electron chi connectivity index (χ0n) is 11.6. The molecule has 0 N–H and O–H groups in total. The first kappa shape index (κ1) is 16.7. The monoisotopic (exact) mass is 302 g/mol. The van der Waals surface area contributed by atoms with Crippen LogP contribution in [0.25, 0.3) is 0 Å². The van der Waals surface area contributed by atoms with Crippen molar-refractivity contribution < 1.29 is 23.8 Å². The largest absolute Gasteiger partial charge is 0.463 e. The Morgan fingerprint density at radius 1 is 1.30 bits per heavy atom. The third kappa shape index (κ3) is 5.75. The van der Waals surface area contributed by atoms with Crippen LogP contribution in [0.1, 0.15) is 20.3 Å². The van der Waals surface area contributed by atoms with Crippen molar-refractivity contribution >= 4 is 23.5 Å². The molecule has 0 radical (unpaired) electrons. The third-order valence-corrected chi connectivity index (χ3v) is 3.04. The van der Waals surface area contributed by atoms with Crippen molar-refractivity contribution in [1.82, 2.24) is 0 Å². The molecule has 0 amide bonds. The van der Waals surface area contributed by atoms with Gasteiger partial charge in [-0.05, 0) is 12.5 Å². The predicted molar refractivity (Wildman–Crippen MR) is 74.5 cm³/mol. The van der Waals surface area contributed by atoms with Gasteiger partial charge in [-0.2, -0.15) is 0 Å². The van der Waals surface area contributed by atoms with Crippen molar-refractivity contribution in [1.29, 1.82) is 0 Å². The molecule has 0 aromatic heterocycles. The van der Waals surface area contributed by atoms with Crippen molar-refractivity contribution in [2.75, 3.05) is 12.5 Å². The van der Waals surface area contributed by atoms with E-state index < -0.39 is 24.1 Å². The Kier molecular flexibility index (Phi) is 6.75. The van der Waals surface area contributed by atoms with Gasteiger partial charge in [0, 0.05) is 19.7 Å². The summed E-state index contributed by atoms with van der Waals surface area (Å²) >= 11 is 5.69. The average Bonchev–Trinajstić information content (AvgIpc) is 2.37. The Morgan fingerprint density at radius 2 is 2.00 bits per heavy atom. The van der Waals surface area contributed by atoms with Gasteiger partial charge in [-0.15, -0.1) is 11.6 Å². The topological polar surface area (TPSA) is 61.8 Å². The number of carbonyl (C=O) groups excluding carboxylic acids is 2. The van der Waals surface area contributed by atoms with Crippen LogP contribution in [-0.2, 0) is 23.8 Å². The minimum Gasteiger partial charge on any atom is -0.463 e. The average molecular weight is 303 g/mol. The second-order valence-electron chi connectivity index (χ2n) is 4.56. The molecule has 1 aliphatic rings. The molecule has 0 spiro atoms. The van der Waals surface area contributed by atoms with Gasteiger partial charge in [0.1, 0.15) is 18.8 Å². The molecular weight excluding hydrogens is 284 g/mol. The summed E-state index contributed by atoms with van der Waals surface area (Å²) in [6.45, 7) is 6.48. The van der Waals surface area contributed by atoms with Crippen LogP contribution in [0.2, 0.25) is 0 Å². The smallest absolute Gasteiger partial charge is 0.303 e. The number of carbonyl (C=O) groups is 2. The van der Waals surface area contributed by atoms with E-state index in [1.807, 2.05) is 0 Å². The highest BCUT2D eigenvalue weighted by atomic mass is 35.5. The second-order valence-corrected chi connectivity index (χ2v) is 4.83. The van der Waals surface area contributed by atoms with E-state index in [1.165, 1.54) is 13.8 Å². The van der Waals surface area contributed by atoms with E-state index in [0.717, 1.165) is 5.57 Å². The molecule has 1 aliphatic heterocycles. The van der Waals surface area contributed by atoms with Crippen LogP contribution in [0.5, 0.6) is 0 Å². The zero-order valence-corrected chi connectivity index (χ0v) is 12.4. The van der Waals surface area contributed by atoms with E-state index in [-0.39, 0.29) is 12.7 Å². The molecule has 0 aliphatic carbocycles. The van der Waals surface area contributed by atoms with Gasteiger partial charge in [-0.3, -0.25) is 9.59 Å². The summed E-state index contributed by atoms with van der Waals surface area (Å²) in [4.78, 5) is 21.9. The zero-order chi connectivity index (χ0) is 15.1. The van der Waals surface area contributed by atoms with E-state index in [1.54, 1.807) is 12.2 Å². The molecule has 6 heteroatoms. The number of hydrogen-bond donors (Lipinski definition) is 0. The lowest BCUT2D eigenvalue weighted by Crippen LogP contribution is -2.41. The summed E-state index contributed by atoms with van der Waals surface area (Å²) in [5.74, 6) is -0.471. The third-order valence-electron chi connectivity index (χ3n) is 2.66. The Labute approximate surface area is 123 Å². The molecular formula is C14H19ClO5. The number of alkyl halides is 1. The quantitative estimate of drug-likeness (QED) is 0.426. The lowest BCUT2D eigenvalue weighted by atomic mass is 10.0. The van der Waals surface area contributed by atoms with Crippen LogP contribution < -0.4 is 0 Å². The maximum absolute atomic E-state index is 11.1. The first-order valence-electron chi connectivity index (χ1n) is 6.29. The van der Waals surface area contributed by atoms with Crippen molar-refractivity contribution in [2.24, 2.45) is 0 Å². The standard InChI is InChI=1S/C14H19ClO5/c1-9(7-15)6-12-4-5-13(19-11(3)17)14(20-12)8-18-10(2)16/h4-5,12-14H,1,6-8H2,2-3H3/t12-,13-,14+/m0/s1. The van der Waals surface area contributed by atoms with Crippen LogP contribution in [-0.4, -0.2) is 42.7 Å². The Bertz CT molecular complexity index is 404. The van der Waals surface area contributed by atoms with Crippen LogP contribution in [0.15, 0.2) is 24.3 Å². The number of halogens is 1. The van der Waals surface area contributed by atoms with Crippen LogP contribution in [0, 0.1) is 0 Å². The predicted octanol–water partition coefficient (Wildman–Crippen LogP) is 1.99.